The second-order valence-corrected chi connectivity index (χ2v) is 12.8. The molecule has 4 nitrogen and oxygen atoms in total. The number of hydrogen-bond acceptors (Lipinski definition) is 3. The van der Waals surface area contributed by atoms with Crippen LogP contribution in [0.4, 0.5) is 0 Å². The topological polar surface area (TPSA) is 39.3 Å². The van der Waals surface area contributed by atoms with Crippen molar-refractivity contribution in [2.24, 2.45) is 4.99 Å². The highest BCUT2D eigenvalue weighted by molar-refractivity contribution is 7.07. The van der Waals surface area contributed by atoms with E-state index in [2.05, 4.69) is 47.2 Å². The average molecular weight is 619 g/mol. The van der Waals surface area contributed by atoms with Gasteiger partial charge >= 0.3 is 0 Å². The van der Waals surface area contributed by atoms with E-state index in [4.69, 9.17) is 28.2 Å². The summed E-state index contributed by atoms with van der Waals surface area (Å²) < 4.78 is 4.74. The lowest BCUT2D eigenvalue weighted by atomic mass is 9.83. The van der Waals surface area contributed by atoms with Gasteiger partial charge in [-0.25, -0.2) is 4.99 Å². The Bertz CT molecular complexity index is 2270. The third-order valence-electron chi connectivity index (χ3n) is 8.46. The van der Waals surface area contributed by atoms with Crippen LogP contribution in [0.15, 0.2) is 119 Å². The molecular formula is C36H25Cl2N3OS. The van der Waals surface area contributed by atoms with Crippen LogP contribution in [0.5, 0.6) is 0 Å². The van der Waals surface area contributed by atoms with Crippen LogP contribution in [0, 0.1) is 0 Å². The van der Waals surface area contributed by atoms with Gasteiger partial charge in [-0.15, -0.1) is 0 Å². The first-order valence-corrected chi connectivity index (χ1v) is 15.8. The maximum absolute atomic E-state index is 14.3. The first-order chi connectivity index (χ1) is 21.0. The summed E-state index contributed by atoms with van der Waals surface area (Å²) in [5, 5.41) is 2.50. The Hall–Kier alpha value is -4.16. The highest BCUT2D eigenvalue weighted by Gasteiger charge is 2.32. The molecule has 0 amide bonds. The SMILES string of the molecule is O=c1/c(=C\c2cn(Cc3ccccc3Cl)c3ccccc23)sc2n1[C@H](c1ccc(Cl)cc1)C1=C(N=2)c2ccccc2CC1. The molecule has 0 spiro atoms. The first-order valence-electron chi connectivity index (χ1n) is 14.2. The van der Waals surface area contributed by atoms with Crippen LogP contribution in [0.25, 0.3) is 22.7 Å². The third kappa shape index (κ3) is 4.51. The van der Waals surface area contributed by atoms with Gasteiger partial charge in [0.15, 0.2) is 4.80 Å². The van der Waals surface area contributed by atoms with E-state index in [1.54, 1.807) is 0 Å². The van der Waals surface area contributed by atoms with Gasteiger partial charge in [0.2, 0.25) is 0 Å². The summed E-state index contributed by atoms with van der Waals surface area (Å²) in [5.74, 6) is 0. The number of allylic oxidation sites excluding steroid dienone is 1. The number of halogens is 2. The Morgan fingerprint density at radius 1 is 0.884 bits per heavy atom. The van der Waals surface area contributed by atoms with Gasteiger partial charge in [-0.3, -0.25) is 9.36 Å². The minimum Gasteiger partial charge on any atom is -0.342 e. The van der Waals surface area contributed by atoms with Crippen LogP contribution in [0.3, 0.4) is 0 Å². The predicted octanol–water partition coefficient (Wildman–Crippen LogP) is 7.63. The Balaban J connectivity index is 1.32. The minimum absolute atomic E-state index is 0.0305. The number of aryl methyl sites for hydroxylation is 1. The van der Waals surface area contributed by atoms with Gasteiger partial charge in [-0.05, 0) is 65.4 Å². The van der Waals surface area contributed by atoms with Crippen molar-refractivity contribution in [3.05, 3.63) is 166 Å². The van der Waals surface area contributed by atoms with Gasteiger partial charge in [-0.1, -0.05) is 107 Å². The Morgan fingerprint density at radius 3 is 2.51 bits per heavy atom. The number of para-hydroxylation sites is 1. The number of hydrogen-bond donors (Lipinski definition) is 0. The molecule has 1 aliphatic carbocycles. The van der Waals surface area contributed by atoms with Crippen molar-refractivity contribution in [3.8, 4) is 0 Å². The summed E-state index contributed by atoms with van der Waals surface area (Å²) in [6.07, 6.45) is 5.90. The summed E-state index contributed by atoms with van der Waals surface area (Å²) in [5.41, 5.74) is 8.75. The smallest absolute Gasteiger partial charge is 0.271 e. The molecule has 0 saturated heterocycles. The molecule has 43 heavy (non-hydrogen) atoms. The Morgan fingerprint density at radius 2 is 1.65 bits per heavy atom. The van der Waals surface area contributed by atoms with Crippen LogP contribution in [0.1, 0.15) is 40.3 Å². The molecule has 6 aromatic rings. The summed E-state index contributed by atoms with van der Waals surface area (Å²) in [6, 6.07) is 32.3. The van der Waals surface area contributed by atoms with E-state index in [-0.39, 0.29) is 11.6 Å². The molecule has 2 aliphatic rings. The van der Waals surface area contributed by atoms with Crippen molar-refractivity contribution in [1.29, 1.82) is 0 Å². The zero-order valence-electron chi connectivity index (χ0n) is 23.0. The lowest BCUT2D eigenvalue weighted by molar-refractivity contribution is 0.585. The normalized spacial score (nSPS) is 16.1. The maximum Gasteiger partial charge on any atom is 0.271 e. The maximum atomic E-state index is 14.3. The van der Waals surface area contributed by atoms with E-state index >= 15 is 0 Å². The lowest BCUT2D eigenvalue weighted by Gasteiger charge is -2.30. The molecule has 210 valence electrons. The van der Waals surface area contributed by atoms with E-state index in [1.807, 2.05) is 71.3 Å². The molecule has 0 unspecified atom stereocenters. The van der Waals surface area contributed by atoms with E-state index in [0.717, 1.165) is 56.7 Å². The largest absolute Gasteiger partial charge is 0.342 e. The highest BCUT2D eigenvalue weighted by Crippen LogP contribution is 2.41. The fraction of sp³-hybridized carbons (Fsp3) is 0.111. The fourth-order valence-electron chi connectivity index (χ4n) is 6.44. The van der Waals surface area contributed by atoms with Gasteiger partial charge in [0.05, 0.1) is 16.3 Å². The zero-order chi connectivity index (χ0) is 29.1. The molecule has 0 fully saturated rings. The second-order valence-electron chi connectivity index (χ2n) is 11.0. The molecule has 8 rings (SSSR count). The molecule has 0 saturated carbocycles. The molecular weight excluding hydrogens is 593 g/mol. The average Bonchev–Trinajstić information content (AvgIpc) is 3.54. The number of benzene rings is 4. The molecule has 1 aliphatic heterocycles. The lowest BCUT2D eigenvalue weighted by Crippen LogP contribution is -2.38. The molecule has 3 heterocycles. The summed E-state index contributed by atoms with van der Waals surface area (Å²) >= 11 is 14.2. The number of rotatable bonds is 4. The van der Waals surface area contributed by atoms with Crippen LogP contribution >= 0.6 is 34.5 Å². The van der Waals surface area contributed by atoms with Crippen molar-refractivity contribution >= 4 is 57.2 Å². The minimum atomic E-state index is -0.236. The van der Waals surface area contributed by atoms with Crippen molar-refractivity contribution < 1.29 is 0 Å². The number of fused-ring (bicyclic) bond motifs is 4. The van der Waals surface area contributed by atoms with Gasteiger partial charge in [0.25, 0.3) is 5.56 Å². The number of nitrogens with zero attached hydrogens (tertiary/aromatic N) is 3. The van der Waals surface area contributed by atoms with Crippen molar-refractivity contribution in [2.45, 2.75) is 25.4 Å². The standard InChI is InChI=1S/C36H25Cl2N3OS/c37-26-16-13-23(14-17-26)34-29-18-15-22-7-1-3-10-28(22)33(29)39-36-41(34)35(42)32(43-36)19-25-21-40(31-12-6-4-9-27(25)31)20-24-8-2-5-11-30(24)38/h1-14,16-17,19,21,34H,15,18,20H2/b32-19+/t34-/m1/s1. The van der Waals surface area contributed by atoms with Crippen molar-refractivity contribution in [3.63, 3.8) is 0 Å². The van der Waals surface area contributed by atoms with Crippen LogP contribution < -0.4 is 14.9 Å². The van der Waals surface area contributed by atoms with Gasteiger partial charge in [-0.2, -0.15) is 0 Å². The molecule has 0 bridgehead atoms. The monoisotopic (exact) mass is 617 g/mol. The molecule has 0 radical (unpaired) electrons. The van der Waals surface area contributed by atoms with Gasteiger partial charge < -0.3 is 4.57 Å². The van der Waals surface area contributed by atoms with Crippen LogP contribution in [0.2, 0.25) is 10.0 Å². The highest BCUT2D eigenvalue weighted by atomic mass is 35.5. The second kappa shape index (κ2) is 10.5. The molecule has 4 aromatic carbocycles. The number of aromatic nitrogens is 2. The van der Waals surface area contributed by atoms with Gasteiger partial charge in [0.1, 0.15) is 0 Å². The van der Waals surface area contributed by atoms with Gasteiger partial charge in [0, 0.05) is 44.8 Å². The zero-order valence-corrected chi connectivity index (χ0v) is 25.3. The summed E-state index contributed by atoms with van der Waals surface area (Å²) in [6.45, 7) is 0.637. The quantitative estimate of drug-likeness (QED) is 0.200. The first kappa shape index (κ1) is 26.5. The molecule has 2 aromatic heterocycles. The Kier molecular flexibility index (Phi) is 6.48. The number of thiazole rings is 1. The van der Waals surface area contributed by atoms with Crippen molar-refractivity contribution in [2.75, 3.05) is 0 Å². The van der Waals surface area contributed by atoms with Crippen LogP contribution in [-0.4, -0.2) is 9.13 Å². The van der Waals surface area contributed by atoms with E-state index in [9.17, 15) is 4.79 Å². The predicted molar refractivity (Wildman–Crippen MR) is 177 cm³/mol. The van der Waals surface area contributed by atoms with E-state index < -0.39 is 0 Å². The molecule has 7 heteroatoms. The summed E-state index contributed by atoms with van der Waals surface area (Å²) in [4.78, 5) is 20.1. The fourth-order valence-corrected chi connectivity index (χ4v) is 7.75. The third-order valence-corrected chi connectivity index (χ3v) is 10.1. The molecule has 1 atom stereocenters. The van der Waals surface area contributed by atoms with E-state index in [1.165, 1.54) is 22.5 Å². The van der Waals surface area contributed by atoms with Crippen molar-refractivity contribution in [1.82, 2.24) is 9.13 Å². The summed E-state index contributed by atoms with van der Waals surface area (Å²) in [7, 11) is 0. The Labute approximate surface area is 262 Å². The van der Waals surface area contributed by atoms with Crippen LogP contribution in [-0.2, 0) is 13.0 Å². The van der Waals surface area contributed by atoms with E-state index in [0.29, 0.717) is 20.9 Å². The molecule has 0 N–H and O–H groups in total.